The molecule has 15 heavy (non-hydrogen) atoms. The molecule has 0 fully saturated rings. The number of fused-ring (bicyclic) bond motifs is 1. The summed E-state index contributed by atoms with van der Waals surface area (Å²) in [7, 11) is 0. The average Bonchev–Trinajstić information content (AvgIpc) is 2.20. The van der Waals surface area contributed by atoms with Crippen LogP contribution < -0.4 is 5.63 Å². The first-order valence-corrected chi connectivity index (χ1v) is 4.64. The second kappa shape index (κ2) is 3.41. The molecule has 1 aromatic carbocycles. The van der Waals surface area contributed by atoms with E-state index in [2.05, 4.69) is 0 Å². The van der Waals surface area contributed by atoms with Gasteiger partial charge in [0.25, 0.3) is 0 Å². The Hall–Kier alpha value is -1.79. The van der Waals surface area contributed by atoms with E-state index in [1.807, 2.05) is 6.07 Å². The molecule has 74 valence electrons. The van der Waals surface area contributed by atoms with Crippen LogP contribution in [0.5, 0.6) is 0 Å². The minimum Gasteiger partial charge on any atom is -0.422 e. The van der Waals surface area contributed by atoms with Crippen LogP contribution in [-0.4, -0.2) is 0 Å². The molecular weight excluding hydrogens is 214 g/mol. The number of benzene rings is 1. The Balaban J connectivity index is 3.00. The van der Waals surface area contributed by atoms with Crippen LogP contribution in [0.15, 0.2) is 27.4 Å². The second-order valence-electron chi connectivity index (χ2n) is 3.14. The van der Waals surface area contributed by atoms with Crippen molar-refractivity contribution in [1.82, 2.24) is 0 Å². The van der Waals surface area contributed by atoms with Crippen LogP contribution in [0.1, 0.15) is 11.1 Å². The number of hydrogen-bond acceptors (Lipinski definition) is 3. The summed E-state index contributed by atoms with van der Waals surface area (Å²) in [6.07, 6.45) is 0. The van der Waals surface area contributed by atoms with Gasteiger partial charge in [-0.1, -0.05) is 11.6 Å². The Morgan fingerprint density at radius 1 is 1.47 bits per heavy atom. The van der Waals surface area contributed by atoms with Crippen molar-refractivity contribution in [2.24, 2.45) is 0 Å². The first kappa shape index (κ1) is 9.75. The van der Waals surface area contributed by atoms with Crippen LogP contribution in [0.3, 0.4) is 0 Å². The molecule has 0 spiro atoms. The van der Waals surface area contributed by atoms with Gasteiger partial charge in [-0.15, -0.1) is 0 Å². The van der Waals surface area contributed by atoms with Gasteiger partial charge >= 0.3 is 5.63 Å². The third kappa shape index (κ3) is 1.49. The molecule has 1 heterocycles. The van der Waals surface area contributed by atoms with E-state index in [-0.39, 0.29) is 5.56 Å². The maximum atomic E-state index is 11.3. The highest BCUT2D eigenvalue weighted by Crippen LogP contribution is 2.22. The first-order valence-electron chi connectivity index (χ1n) is 4.26. The van der Waals surface area contributed by atoms with Crippen molar-refractivity contribution < 1.29 is 4.42 Å². The van der Waals surface area contributed by atoms with E-state index in [9.17, 15) is 4.79 Å². The molecule has 0 radical (unpaired) electrons. The molecule has 0 saturated heterocycles. The minimum absolute atomic E-state index is 0.0322. The summed E-state index contributed by atoms with van der Waals surface area (Å²) in [6, 6.07) is 6.76. The number of aryl methyl sites for hydroxylation is 1. The molecular formula is C11H6ClNO2. The third-order valence-corrected chi connectivity index (χ3v) is 2.47. The molecule has 0 unspecified atom stereocenters. The lowest BCUT2D eigenvalue weighted by Crippen LogP contribution is -2.06. The van der Waals surface area contributed by atoms with Crippen molar-refractivity contribution in [3.63, 3.8) is 0 Å². The van der Waals surface area contributed by atoms with Crippen LogP contribution in [0.25, 0.3) is 11.0 Å². The summed E-state index contributed by atoms with van der Waals surface area (Å²) in [5, 5.41) is 10.0. The van der Waals surface area contributed by atoms with Gasteiger partial charge in [0, 0.05) is 10.4 Å². The monoisotopic (exact) mass is 219 g/mol. The van der Waals surface area contributed by atoms with Crippen molar-refractivity contribution in [1.29, 1.82) is 5.26 Å². The zero-order valence-electron chi connectivity index (χ0n) is 7.87. The average molecular weight is 220 g/mol. The molecule has 4 heteroatoms. The van der Waals surface area contributed by atoms with E-state index >= 15 is 0 Å². The van der Waals surface area contributed by atoms with E-state index in [1.165, 1.54) is 0 Å². The van der Waals surface area contributed by atoms with E-state index in [0.717, 1.165) is 0 Å². The summed E-state index contributed by atoms with van der Waals surface area (Å²) >= 11 is 5.82. The van der Waals surface area contributed by atoms with Crippen LogP contribution in [0.4, 0.5) is 0 Å². The highest BCUT2D eigenvalue weighted by molar-refractivity contribution is 6.31. The Morgan fingerprint density at radius 3 is 2.87 bits per heavy atom. The standard InChI is InChI=1S/C11H6ClNO2/c1-6-8-4-7(12)2-3-10(8)15-11(14)9(6)5-13/h2-4H,1H3. The van der Waals surface area contributed by atoms with Gasteiger partial charge in [0.15, 0.2) is 0 Å². The maximum Gasteiger partial charge on any atom is 0.354 e. The van der Waals surface area contributed by atoms with Crippen LogP contribution in [0, 0.1) is 18.3 Å². The van der Waals surface area contributed by atoms with E-state index < -0.39 is 5.63 Å². The van der Waals surface area contributed by atoms with E-state index in [4.69, 9.17) is 21.3 Å². The number of halogens is 1. The zero-order valence-corrected chi connectivity index (χ0v) is 8.63. The summed E-state index contributed by atoms with van der Waals surface area (Å²) in [6.45, 7) is 1.70. The number of nitrogens with zero attached hydrogens (tertiary/aromatic N) is 1. The van der Waals surface area contributed by atoms with Crippen molar-refractivity contribution >= 4 is 22.6 Å². The molecule has 0 aliphatic rings. The van der Waals surface area contributed by atoms with Gasteiger partial charge in [-0.2, -0.15) is 5.26 Å². The molecule has 2 rings (SSSR count). The van der Waals surface area contributed by atoms with Crippen LogP contribution in [0.2, 0.25) is 5.02 Å². The second-order valence-corrected chi connectivity index (χ2v) is 3.58. The Morgan fingerprint density at radius 2 is 2.20 bits per heavy atom. The lowest BCUT2D eigenvalue weighted by Gasteiger charge is -2.02. The van der Waals surface area contributed by atoms with Gasteiger partial charge < -0.3 is 4.42 Å². The number of nitriles is 1. The van der Waals surface area contributed by atoms with Gasteiger partial charge in [-0.3, -0.25) is 0 Å². The highest BCUT2D eigenvalue weighted by atomic mass is 35.5. The molecule has 2 aromatic rings. The van der Waals surface area contributed by atoms with Crippen molar-refractivity contribution in [3.05, 3.63) is 44.8 Å². The summed E-state index contributed by atoms with van der Waals surface area (Å²) in [4.78, 5) is 11.3. The minimum atomic E-state index is -0.607. The zero-order chi connectivity index (χ0) is 11.0. The van der Waals surface area contributed by atoms with Gasteiger partial charge in [0.2, 0.25) is 0 Å². The Bertz CT molecular complexity index is 637. The fourth-order valence-corrected chi connectivity index (χ4v) is 1.62. The predicted octanol–water partition coefficient (Wildman–Crippen LogP) is 2.63. The molecule has 0 amide bonds. The fourth-order valence-electron chi connectivity index (χ4n) is 1.45. The van der Waals surface area contributed by atoms with Crippen LogP contribution in [-0.2, 0) is 0 Å². The molecule has 0 aliphatic heterocycles. The predicted molar refractivity (Wildman–Crippen MR) is 56.9 cm³/mol. The van der Waals surface area contributed by atoms with Crippen molar-refractivity contribution in [3.8, 4) is 6.07 Å². The topological polar surface area (TPSA) is 54.0 Å². The summed E-state index contributed by atoms with van der Waals surface area (Å²) in [5.74, 6) is 0. The third-order valence-electron chi connectivity index (χ3n) is 2.24. The number of rotatable bonds is 0. The van der Waals surface area contributed by atoms with Crippen molar-refractivity contribution in [2.45, 2.75) is 6.92 Å². The SMILES string of the molecule is Cc1c(C#N)c(=O)oc2ccc(Cl)cc12. The molecule has 0 N–H and O–H groups in total. The first-order chi connectivity index (χ1) is 7.13. The Kier molecular flexibility index (Phi) is 2.22. The highest BCUT2D eigenvalue weighted by Gasteiger charge is 2.10. The molecule has 0 aliphatic carbocycles. The van der Waals surface area contributed by atoms with Gasteiger partial charge in [-0.05, 0) is 30.7 Å². The lowest BCUT2D eigenvalue weighted by atomic mass is 10.1. The molecule has 0 saturated carbocycles. The summed E-state index contributed by atoms with van der Waals surface area (Å²) in [5.41, 5.74) is 0.474. The maximum absolute atomic E-state index is 11.3. The molecule has 0 atom stereocenters. The van der Waals surface area contributed by atoms with Gasteiger partial charge in [0.1, 0.15) is 17.2 Å². The number of hydrogen-bond donors (Lipinski definition) is 0. The lowest BCUT2D eigenvalue weighted by molar-refractivity contribution is 0.557. The summed E-state index contributed by atoms with van der Waals surface area (Å²) < 4.78 is 4.98. The molecule has 1 aromatic heterocycles. The van der Waals surface area contributed by atoms with Gasteiger partial charge in [-0.25, -0.2) is 4.79 Å². The normalized spacial score (nSPS) is 10.2. The van der Waals surface area contributed by atoms with E-state index in [0.29, 0.717) is 21.6 Å². The smallest absolute Gasteiger partial charge is 0.354 e. The van der Waals surface area contributed by atoms with Crippen LogP contribution >= 0.6 is 11.6 Å². The molecule has 0 bridgehead atoms. The van der Waals surface area contributed by atoms with E-state index in [1.54, 1.807) is 25.1 Å². The van der Waals surface area contributed by atoms with Crippen molar-refractivity contribution in [2.75, 3.05) is 0 Å². The fraction of sp³-hybridized carbons (Fsp3) is 0.0909. The quantitative estimate of drug-likeness (QED) is 0.640. The molecule has 3 nitrogen and oxygen atoms in total. The van der Waals surface area contributed by atoms with Gasteiger partial charge in [0.05, 0.1) is 0 Å². The largest absolute Gasteiger partial charge is 0.422 e. The Labute approximate surface area is 90.5 Å².